The Hall–Kier alpha value is -4.38. The second-order valence-corrected chi connectivity index (χ2v) is 14.4. The number of H-pyrrole nitrogens is 1. The van der Waals surface area contributed by atoms with E-state index in [2.05, 4.69) is 11.1 Å². The molecule has 1 aliphatic heterocycles. The fraction of sp³-hybridized carbons (Fsp3) is 0.410. The lowest BCUT2D eigenvalue weighted by atomic mass is 9.80. The number of aliphatic hydroxyl groups excluding tert-OH is 1. The molecule has 1 aromatic heterocycles. The number of ether oxygens (including phenoxy) is 4. The number of nitrogens with zero attached hydrogens (tertiary/aromatic N) is 3. The highest BCUT2D eigenvalue weighted by molar-refractivity contribution is 7.44. The van der Waals surface area contributed by atoms with E-state index in [1.165, 1.54) is 12.3 Å². The van der Waals surface area contributed by atoms with Crippen molar-refractivity contribution in [2.24, 2.45) is 0 Å². The Balaban J connectivity index is 1.62. The summed E-state index contributed by atoms with van der Waals surface area (Å²) >= 11 is 0. The highest BCUT2D eigenvalue weighted by Crippen LogP contribution is 2.50. The lowest BCUT2D eigenvalue weighted by molar-refractivity contribution is -0.0946. The summed E-state index contributed by atoms with van der Waals surface area (Å²) in [5.74, 6) is 1.33. The normalized spacial score (nSPS) is 19.4. The summed E-state index contributed by atoms with van der Waals surface area (Å²) in [6, 6.07) is 28.1. The Morgan fingerprint density at radius 2 is 1.47 bits per heavy atom. The molecule has 0 aliphatic carbocycles. The number of hydrogen-bond acceptors (Lipinski definition) is 11. The molecule has 4 aromatic rings. The molecule has 1 unspecified atom stereocenters. The van der Waals surface area contributed by atoms with Gasteiger partial charge in [-0.25, -0.2) is 9.46 Å². The predicted molar refractivity (Wildman–Crippen MR) is 200 cm³/mol. The summed E-state index contributed by atoms with van der Waals surface area (Å²) in [7, 11) is 1.36. The average molecular weight is 747 g/mol. The molecule has 0 amide bonds. The molecule has 5 atom stereocenters. The van der Waals surface area contributed by atoms with Gasteiger partial charge in [-0.05, 0) is 68.7 Å². The smallest absolute Gasteiger partial charge is 0.330 e. The lowest BCUT2D eigenvalue weighted by Crippen LogP contribution is -2.42. The number of aromatic nitrogens is 2. The number of aliphatic hydroxyl groups is 1. The van der Waals surface area contributed by atoms with Crippen molar-refractivity contribution < 1.29 is 33.1 Å². The first-order valence-corrected chi connectivity index (χ1v) is 18.6. The molecular weight excluding hydrogens is 699 g/mol. The van der Waals surface area contributed by atoms with Crippen LogP contribution in [0.5, 0.6) is 11.5 Å². The topological polar surface area (TPSA) is 158 Å². The lowest BCUT2D eigenvalue weighted by Gasteiger charge is -2.39. The first-order valence-electron chi connectivity index (χ1n) is 17.4. The average Bonchev–Trinajstić information content (AvgIpc) is 3.46. The monoisotopic (exact) mass is 746 g/mol. The Bertz CT molecular complexity index is 1860. The molecule has 2 heterocycles. The molecule has 14 heteroatoms. The minimum Gasteiger partial charge on any atom is -0.497 e. The van der Waals surface area contributed by atoms with Crippen LogP contribution in [0.3, 0.4) is 0 Å². The van der Waals surface area contributed by atoms with E-state index in [4.69, 9.17) is 28.0 Å². The van der Waals surface area contributed by atoms with E-state index in [0.29, 0.717) is 11.5 Å². The van der Waals surface area contributed by atoms with Gasteiger partial charge in [0.15, 0.2) is 6.23 Å². The van der Waals surface area contributed by atoms with Crippen LogP contribution in [0, 0.1) is 11.3 Å². The van der Waals surface area contributed by atoms with Gasteiger partial charge < -0.3 is 33.1 Å². The quantitative estimate of drug-likeness (QED) is 0.0801. The van der Waals surface area contributed by atoms with Crippen molar-refractivity contribution in [1.82, 2.24) is 14.2 Å². The molecule has 13 nitrogen and oxygen atoms in total. The molecule has 0 radical (unpaired) electrons. The van der Waals surface area contributed by atoms with E-state index in [1.807, 2.05) is 111 Å². The van der Waals surface area contributed by atoms with E-state index in [9.17, 15) is 20.0 Å². The fourth-order valence-electron chi connectivity index (χ4n) is 6.52. The number of benzene rings is 3. The number of aromatic amines is 1. The van der Waals surface area contributed by atoms with Crippen LogP contribution in [0.15, 0.2) is 101 Å². The van der Waals surface area contributed by atoms with Gasteiger partial charge in [-0.1, -0.05) is 54.6 Å². The van der Waals surface area contributed by atoms with Gasteiger partial charge in [-0.15, -0.1) is 0 Å². The second kappa shape index (κ2) is 18.1. The zero-order chi connectivity index (χ0) is 38.1. The zero-order valence-corrected chi connectivity index (χ0v) is 31.6. The summed E-state index contributed by atoms with van der Waals surface area (Å²) in [6.07, 6.45) is -3.26. The first kappa shape index (κ1) is 39.8. The highest BCUT2D eigenvalue weighted by Gasteiger charge is 2.50. The molecule has 2 N–H and O–H groups in total. The van der Waals surface area contributed by atoms with Gasteiger partial charge in [0.1, 0.15) is 35.4 Å². The SMILES string of the molecule is COc1ccc(C(OC[C@H]2O[C@@H](n3ccc(=O)[nH]c3=O)[C@H](O)[C@@H]2OP(OCCC#N)N(C(C)C)C(C)C)(c2ccccc2)c2ccc(OC)cc2)cc1. The van der Waals surface area contributed by atoms with Crippen LogP contribution in [-0.4, -0.2) is 77.2 Å². The van der Waals surface area contributed by atoms with Gasteiger partial charge >= 0.3 is 5.69 Å². The first-order chi connectivity index (χ1) is 25.5. The summed E-state index contributed by atoms with van der Waals surface area (Å²) in [6.45, 7) is 8.01. The fourth-order valence-corrected chi connectivity index (χ4v) is 8.29. The molecule has 1 aliphatic rings. The minimum atomic E-state index is -1.85. The number of nitriles is 1. The maximum Gasteiger partial charge on any atom is 0.330 e. The summed E-state index contributed by atoms with van der Waals surface area (Å²) in [5.41, 5.74) is -0.180. The molecule has 0 spiro atoms. The Morgan fingerprint density at radius 3 is 1.98 bits per heavy atom. The van der Waals surface area contributed by atoms with Crippen molar-refractivity contribution in [1.29, 1.82) is 5.26 Å². The van der Waals surface area contributed by atoms with Crippen molar-refractivity contribution in [2.75, 3.05) is 27.4 Å². The Kier molecular flexibility index (Phi) is 13.6. The van der Waals surface area contributed by atoms with Crippen molar-refractivity contribution in [2.45, 2.75) is 76.3 Å². The van der Waals surface area contributed by atoms with Crippen LogP contribution in [0.2, 0.25) is 0 Å². The molecule has 1 fully saturated rings. The van der Waals surface area contributed by atoms with Crippen molar-refractivity contribution in [3.05, 3.63) is 129 Å². The van der Waals surface area contributed by atoms with E-state index < -0.39 is 49.9 Å². The summed E-state index contributed by atoms with van der Waals surface area (Å²) in [4.78, 5) is 27.2. The molecule has 3 aromatic carbocycles. The number of nitrogens with one attached hydrogen (secondary N) is 1. The zero-order valence-electron chi connectivity index (χ0n) is 30.7. The van der Waals surface area contributed by atoms with Crippen LogP contribution < -0.4 is 20.7 Å². The number of methoxy groups -OCH3 is 2. The maximum absolute atomic E-state index is 13.0. The second-order valence-electron chi connectivity index (χ2n) is 13.0. The van der Waals surface area contributed by atoms with Crippen molar-refractivity contribution in [3.8, 4) is 17.6 Å². The van der Waals surface area contributed by atoms with E-state index in [1.54, 1.807) is 14.2 Å². The van der Waals surface area contributed by atoms with Crippen LogP contribution in [0.4, 0.5) is 0 Å². The van der Waals surface area contributed by atoms with Gasteiger partial charge in [0.2, 0.25) is 0 Å². The summed E-state index contributed by atoms with van der Waals surface area (Å²) in [5, 5.41) is 21.2. The molecule has 5 rings (SSSR count). The van der Waals surface area contributed by atoms with Gasteiger partial charge in [0, 0.05) is 24.3 Å². The molecule has 1 saturated heterocycles. The number of rotatable bonds is 17. The van der Waals surface area contributed by atoms with Gasteiger partial charge in [-0.2, -0.15) is 5.26 Å². The van der Waals surface area contributed by atoms with Gasteiger partial charge in [0.05, 0.1) is 39.9 Å². The highest BCUT2D eigenvalue weighted by atomic mass is 31.2. The Morgan fingerprint density at radius 1 is 0.906 bits per heavy atom. The largest absolute Gasteiger partial charge is 0.497 e. The van der Waals surface area contributed by atoms with Crippen LogP contribution in [0.1, 0.15) is 57.0 Å². The third kappa shape index (κ3) is 8.88. The Labute approximate surface area is 310 Å². The van der Waals surface area contributed by atoms with Gasteiger partial charge in [0.25, 0.3) is 14.1 Å². The van der Waals surface area contributed by atoms with Crippen LogP contribution in [-0.2, 0) is 24.1 Å². The maximum atomic E-state index is 13.0. The van der Waals surface area contributed by atoms with E-state index in [0.717, 1.165) is 21.3 Å². The third-order valence-corrected chi connectivity index (χ3v) is 11.1. The van der Waals surface area contributed by atoms with E-state index >= 15 is 0 Å². The predicted octanol–water partition coefficient (Wildman–Crippen LogP) is 5.48. The summed E-state index contributed by atoms with van der Waals surface area (Å²) < 4.78 is 40.7. The van der Waals surface area contributed by atoms with Crippen molar-refractivity contribution in [3.63, 3.8) is 0 Å². The molecule has 0 saturated carbocycles. The van der Waals surface area contributed by atoms with E-state index in [-0.39, 0.29) is 31.7 Å². The molecular formula is C39H47N4O9P. The van der Waals surface area contributed by atoms with Crippen LogP contribution >= 0.6 is 8.53 Å². The van der Waals surface area contributed by atoms with Crippen molar-refractivity contribution >= 4 is 8.53 Å². The third-order valence-electron chi connectivity index (χ3n) is 8.95. The molecule has 282 valence electrons. The molecule has 0 bridgehead atoms. The standard InChI is InChI=1S/C39H47N4O9P/c1-26(2)43(27(3)4)53(50-24-10-22-40)52-36-33(51-37(35(36)45)42-23-21-34(44)41-38(42)46)25-49-39(28-11-8-7-9-12-28,29-13-17-31(47-5)18-14-29)30-15-19-32(48-6)20-16-30/h7-9,11-21,23,26-27,33,35-37,45H,10,24-25H2,1-6H3,(H,41,44,46)/t33-,35-,36-,37-,53?/m1/s1. The minimum absolute atomic E-state index is 0.0224. The molecule has 53 heavy (non-hydrogen) atoms. The number of hydrogen-bond donors (Lipinski definition) is 2. The van der Waals surface area contributed by atoms with Gasteiger partial charge in [-0.3, -0.25) is 14.3 Å². The van der Waals surface area contributed by atoms with Crippen LogP contribution in [0.25, 0.3) is 0 Å².